The normalized spacial score (nSPS) is 15.6. The first kappa shape index (κ1) is 50.8. The van der Waals surface area contributed by atoms with E-state index in [9.17, 15) is 10.1 Å². The Labute approximate surface area is 404 Å². The van der Waals surface area contributed by atoms with E-state index in [4.69, 9.17) is 45.6 Å². The maximum Gasteiger partial charge on any atom is 0.410 e. The summed E-state index contributed by atoms with van der Waals surface area (Å²) >= 11 is 6.07. The van der Waals surface area contributed by atoms with Crippen LogP contribution in [0.2, 0.25) is 30.7 Å². The number of aryl methyl sites for hydroxylation is 1. The number of amides is 1. The van der Waals surface area contributed by atoms with E-state index in [-0.39, 0.29) is 41.3 Å². The first-order valence-corrected chi connectivity index (χ1v) is 28.9. The number of hydrogen-bond acceptors (Lipinski definition) is 10. The summed E-state index contributed by atoms with van der Waals surface area (Å²) in [6.45, 7) is 22.6. The summed E-state index contributed by atoms with van der Waals surface area (Å²) in [4.78, 5) is 25.5. The number of carbonyl (C=O) groups is 1. The molecule has 2 N–H and O–H groups in total. The highest BCUT2D eigenvalue weighted by Gasteiger charge is 2.52. The van der Waals surface area contributed by atoms with Crippen LogP contribution in [0.3, 0.4) is 0 Å². The Hall–Kier alpha value is -5.64. The van der Waals surface area contributed by atoms with Gasteiger partial charge >= 0.3 is 6.09 Å². The summed E-state index contributed by atoms with van der Waals surface area (Å²) in [6, 6.07) is 37.1. The summed E-state index contributed by atoms with van der Waals surface area (Å²) in [5.41, 5.74) is 2.59. The third-order valence-electron chi connectivity index (χ3n) is 11.3. The van der Waals surface area contributed by atoms with Gasteiger partial charge in [-0.25, -0.2) is 14.8 Å². The van der Waals surface area contributed by atoms with Crippen LogP contribution in [0.25, 0.3) is 11.3 Å². The predicted octanol–water partition coefficient (Wildman–Crippen LogP) is 9.83. The number of thiocarbonyl (C=S) groups is 1. The Morgan fingerprint density at radius 1 is 0.896 bits per heavy atom. The molecule has 0 unspecified atom stereocenters. The van der Waals surface area contributed by atoms with Gasteiger partial charge in [0.2, 0.25) is 0 Å². The van der Waals surface area contributed by atoms with Crippen LogP contribution >= 0.6 is 12.2 Å². The largest absolute Gasteiger partial charge is 0.470 e. The van der Waals surface area contributed by atoms with Crippen LogP contribution in [0.5, 0.6) is 11.6 Å². The Kier molecular flexibility index (Phi) is 16.7. The Balaban J connectivity index is 1.32. The number of anilines is 1. The van der Waals surface area contributed by atoms with Crippen molar-refractivity contribution in [1.82, 2.24) is 20.2 Å². The van der Waals surface area contributed by atoms with Crippen LogP contribution in [-0.2, 0) is 20.5 Å². The minimum atomic E-state index is -3.02. The van der Waals surface area contributed by atoms with Crippen molar-refractivity contribution in [3.63, 3.8) is 0 Å². The molecular formula is C52H66N6O6SSi2. The van der Waals surface area contributed by atoms with E-state index < -0.39 is 34.2 Å². The van der Waals surface area contributed by atoms with Crippen molar-refractivity contribution in [2.45, 2.75) is 110 Å². The number of carbonyl (C=O) groups excluding carboxylic acids is 1. The van der Waals surface area contributed by atoms with Crippen LogP contribution in [0.15, 0.2) is 109 Å². The number of piperidine rings is 1. The fourth-order valence-corrected chi connectivity index (χ4v) is 13.9. The van der Waals surface area contributed by atoms with E-state index in [1.807, 2.05) is 70.2 Å². The van der Waals surface area contributed by atoms with E-state index in [1.54, 1.807) is 23.2 Å². The van der Waals surface area contributed by atoms with Crippen molar-refractivity contribution in [2.24, 2.45) is 0 Å². The highest BCUT2D eigenvalue weighted by Crippen LogP contribution is 2.39. The molecule has 1 aromatic heterocycles. The standard InChI is InChI=1S/C52H66N6O6SSi2/c1-37-28-39(31-53)29-45(62-36-60-26-27-66(8,9)10)46(37)44-32-54-48(61-35-38-20-14-11-15-21-38)47(56-44)57-49(65)55-40-30-41(34-58(33-40)50(59)63-51(2,3)4)64-67(52(5,6)7,42-22-16-12-17-23-42)43-24-18-13-19-25-43/h11-25,28-29,32,40-41H,26-27,30,33-36H2,1-10H3,(H2,55,56,57,65)/t40-,41+/m1/s1. The van der Waals surface area contributed by atoms with E-state index in [2.05, 4.69) is 106 Å². The molecule has 0 saturated carbocycles. The molecule has 0 spiro atoms. The molecule has 12 nitrogen and oxygen atoms in total. The van der Waals surface area contributed by atoms with Gasteiger partial charge in [-0.2, -0.15) is 5.26 Å². The van der Waals surface area contributed by atoms with Gasteiger partial charge in [0, 0.05) is 39.4 Å². The minimum absolute atomic E-state index is 0.0130. The van der Waals surface area contributed by atoms with E-state index in [0.717, 1.165) is 27.5 Å². The Morgan fingerprint density at radius 2 is 1.52 bits per heavy atom. The van der Waals surface area contributed by atoms with Gasteiger partial charge in [0.05, 0.1) is 29.6 Å². The first-order valence-electron chi connectivity index (χ1n) is 22.9. The van der Waals surface area contributed by atoms with Crippen LogP contribution in [0.1, 0.15) is 64.7 Å². The molecule has 6 rings (SSSR count). The van der Waals surface area contributed by atoms with Gasteiger partial charge in [-0.05, 0) is 91.0 Å². The molecule has 0 bridgehead atoms. The first-order chi connectivity index (χ1) is 31.7. The zero-order valence-electron chi connectivity index (χ0n) is 40.6. The zero-order chi connectivity index (χ0) is 48.4. The number of likely N-dealkylation sites (tertiary alicyclic amines) is 1. The van der Waals surface area contributed by atoms with Gasteiger partial charge in [0.15, 0.2) is 17.7 Å². The number of hydrogen-bond donors (Lipinski definition) is 2. The third-order valence-corrected chi connectivity index (χ3v) is 18.3. The summed E-state index contributed by atoms with van der Waals surface area (Å²) < 4.78 is 32.0. The average Bonchev–Trinajstić information content (AvgIpc) is 3.27. The molecule has 1 saturated heterocycles. The quantitative estimate of drug-likeness (QED) is 0.0421. The number of ether oxygens (including phenoxy) is 4. The lowest BCUT2D eigenvalue weighted by molar-refractivity contribution is 0.00202. The SMILES string of the molecule is Cc1cc(C#N)cc(OCOCC[Si](C)(C)C)c1-c1cnc(OCc2ccccc2)c(NC(=S)N[C@@H]2C[C@H](O[Si](c3ccccc3)(c3ccccc3)C(C)(C)C)CN(C(=O)OC(C)(C)C)C2)n1. The summed E-state index contributed by atoms with van der Waals surface area (Å²) in [5, 5.41) is 18.9. The maximum atomic E-state index is 13.9. The summed E-state index contributed by atoms with van der Waals surface area (Å²) in [5.74, 6) is 0.943. The molecule has 5 aromatic rings. The lowest BCUT2D eigenvalue weighted by Crippen LogP contribution is -2.69. The van der Waals surface area contributed by atoms with Crippen molar-refractivity contribution in [3.05, 3.63) is 126 Å². The second-order valence-corrected chi connectivity index (χ2v) is 30.5. The van der Waals surface area contributed by atoms with Gasteiger partial charge in [-0.3, -0.25) is 0 Å². The number of nitrogens with one attached hydrogen (secondary N) is 2. The van der Waals surface area contributed by atoms with Gasteiger partial charge in [-0.15, -0.1) is 0 Å². The van der Waals surface area contributed by atoms with Gasteiger partial charge < -0.3 is 38.9 Å². The molecule has 0 radical (unpaired) electrons. The van der Waals surface area contributed by atoms with Crippen LogP contribution < -0.4 is 30.5 Å². The monoisotopic (exact) mass is 958 g/mol. The van der Waals surface area contributed by atoms with Gasteiger partial charge in [0.1, 0.15) is 18.0 Å². The van der Waals surface area contributed by atoms with E-state index in [0.29, 0.717) is 48.7 Å². The fourth-order valence-electron chi connectivity index (χ4n) is 8.20. The molecule has 2 heterocycles. The molecule has 1 aliphatic heterocycles. The summed E-state index contributed by atoms with van der Waals surface area (Å²) in [7, 11) is -4.33. The Bertz CT molecular complexity index is 2450. The highest BCUT2D eigenvalue weighted by atomic mass is 32.1. The summed E-state index contributed by atoms with van der Waals surface area (Å²) in [6.07, 6.45) is 1.35. The van der Waals surface area contributed by atoms with Crippen molar-refractivity contribution < 1.29 is 28.2 Å². The number of aromatic nitrogens is 2. The number of nitrogens with zero attached hydrogens (tertiary/aromatic N) is 4. The fraction of sp³-hybridized carbons (Fsp3) is 0.404. The number of nitriles is 1. The molecule has 2 atom stereocenters. The van der Waals surface area contributed by atoms with Crippen molar-refractivity contribution >= 4 is 56.0 Å². The molecule has 1 fully saturated rings. The van der Waals surface area contributed by atoms with Crippen molar-refractivity contribution in [2.75, 3.05) is 31.8 Å². The minimum Gasteiger partial charge on any atom is -0.470 e. The lowest BCUT2D eigenvalue weighted by atomic mass is 10.0. The predicted molar refractivity (Wildman–Crippen MR) is 275 cm³/mol. The van der Waals surface area contributed by atoms with Gasteiger partial charge in [0.25, 0.3) is 14.2 Å². The van der Waals surface area contributed by atoms with Crippen LogP contribution in [0.4, 0.5) is 10.6 Å². The third kappa shape index (κ3) is 13.7. The zero-order valence-corrected chi connectivity index (χ0v) is 43.5. The molecule has 4 aromatic carbocycles. The topological polar surface area (TPSA) is 140 Å². The second-order valence-electron chi connectivity index (χ2n) is 20.3. The lowest BCUT2D eigenvalue weighted by Gasteiger charge is -2.48. The van der Waals surface area contributed by atoms with Crippen molar-refractivity contribution in [1.29, 1.82) is 5.26 Å². The molecular weight excluding hydrogens is 893 g/mol. The van der Waals surface area contributed by atoms with Crippen LogP contribution in [0, 0.1) is 18.3 Å². The van der Waals surface area contributed by atoms with Gasteiger partial charge in [-0.1, -0.05) is 131 Å². The average molecular weight is 959 g/mol. The molecule has 15 heteroatoms. The maximum absolute atomic E-state index is 13.9. The van der Waals surface area contributed by atoms with Crippen LogP contribution in [-0.4, -0.2) is 86.7 Å². The van der Waals surface area contributed by atoms with Crippen molar-refractivity contribution in [3.8, 4) is 29.0 Å². The molecule has 1 aliphatic rings. The molecule has 67 heavy (non-hydrogen) atoms. The number of rotatable bonds is 16. The molecule has 354 valence electrons. The smallest absolute Gasteiger partial charge is 0.410 e. The second kappa shape index (κ2) is 22.0. The van der Waals surface area contributed by atoms with E-state index >= 15 is 0 Å². The molecule has 1 amide bonds. The highest BCUT2D eigenvalue weighted by molar-refractivity contribution is 7.80. The Morgan fingerprint density at radius 3 is 2.10 bits per heavy atom. The molecule has 0 aliphatic carbocycles. The van der Waals surface area contributed by atoms with E-state index in [1.165, 1.54) is 0 Å². The number of benzene rings is 4.